The number of ether oxygens (including phenoxy) is 1. The highest BCUT2D eigenvalue weighted by Gasteiger charge is 2.27. The Balaban J connectivity index is 1.59. The Bertz CT molecular complexity index is 946. The topological polar surface area (TPSA) is 85.6 Å². The summed E-state index contributed by atoms with van der Waals surface area (Å²) in [5.41, 5.74) is 0.892. The number of benzene rings is 1. The molecular formula is C21H30N4O4. The third kappa shape index (κ3) is 4.81. The van der Waals surface area contributed by atoms with Gasteiger partial charge in [0.25, 0.3) is 0 Å². The molecule has 1 aromatic heterocycles. The summed E-state index contributed by atoms with van der Waals surface area (Å²) in [5.74, 6) is -0.193. The molecule has 29 heavy (non-hydrogen) atoms. The van der Waals surface area contributed by atoms with Crippen molar-refractivity contribution in [3.63, 3.8) is 0 Å². The summed E-state index contributed by atoms with van der Waals surface area (Å²) < 4.78 is 8.59. The SMILES string of the molecule is CCn1c(=O)n(CC(=O)NC2CCN(C(=O)OC(C)(C)C)CC2)c2ccccc21. The summed E-state index contributed by atoms with van der Waals surface area (Å²) in [7, 11) is 0. The monoisotopic (exact) mass is 402 g/mol. The maximum absolute atomic E-state index is 12.7. The molecule has 0 aliphatic carbocycles. The van der Waals surface area contributed by atoms with Gasteiger partial charge in [0.15, 0.2) is 0 Å². The largest absolute Gasteiger partial charge is 0.444 e. The predicted octanol–water partition coefficient (Wildman–Crippen LogP) is 2.34. The zero-order valence-electron chi connectivity index (χ0n) is 17.6. The summed E-state index contributed by atoms with van der Waals surface area (Å²) in [6, 6.07) is 7.48. The Morgan fingerprint density at radius 2 is 1.69 bits per heavy atom. The van der Waals surface area contributed by atoms with Gasteiger partial charge in [-0.25, -0.2) is 9.59 Å². The van der Waals surface area contributed by atoms with Crippen molar-refractivity contribution in [2.45, 2.75) is 65.3 Å². The molecule has 0 saturated carbocycles. The number of amides is 2. The average Bonchev–Trinajstić information content (AvgIpc) is 2.92. The molecule has 2 heterocycles. The molecular weight excluding hydrogens is 372 g/mol. The minimum absolute atomic E-state index is 0.0153. The molecule has 0 atom stereocenters. The number of piperidine rings is 1. The Labute approximate surface area is 170 Å². The minimum Gasteiger partial charge on any atom is -0.444 e. The second-order valence-electron chi connectivity index (χ2n) is 8.41. The molecule has 1 aromatic carbocycles. The highest BCUT2D eigenvalue weighted by molar-refractivity contribution is 5.81. The van der Waals surface area contributed by atoms with Gasteiger partial charge in [-0.15, -0.1) is 0 Å². The molecule has 2 amide bonds. The molecule has 2 aromatic rings. The van der Waals surface area contributed by atoms with E-state index in [9.17, 15) is 14.4 Å². The van der Waals surface area contributed by atoms with Crippen LogP contribution < -0.4 is 11.0 Å². The van der Waals surface area contributed by atoms with Gasteiger partial charge < -0.3 is 15.0 Å². The van der Waals surface area contributed by atoms with Crippen LogP contribution in [0.1, 0.15) is 40.5 Å². The number of hydrogen-bond donors (Lipinski definition) is 1. The number of likely N-dealkylation sites (tertiary alicyclic amines) is 1. The van der Waals surface area contributed by atoms with Crippen LogP contribution in [0.25, 0.3) is 11.0 Å². The van der Waals surface area contributed by atoms with Crippen LogP contribution in [-0.4, -0.2) is 50.8 Å². The van der Waals surface area contributed by atoms with E-state index in [4.69, 9.17) is 4.74 Å². The molecule has 0 radical (unpaired) electrons. The van der Waals surface area contributed by atoms with Crippen molar-refractivity contribution in [1.82, 2.24) is 19.4 Å². The van der Waals surface area contributed by atoms with Gasteiger partial charge in [-0.1, -0.05) is 12.1 Å². The number of para-hydroxylation sites is 2. The maximum atomic E-state index is 12.7. The summed E-state index contributed by atoms with van der Waals surface area (Å²) in [6.07, 6.45) is 1.01. The van der Waals surface area contributed by atoms with Crippen LogP contribution in [0.5, 0.6) is 0 Å². The van der Waals surface area contributed by atoms with Gasteiger partial charge in [0.2, 0.25) is 5.91 Å². The molecule has 1 fully saturated rings. The number of nitrogens with zero attached hydrogens (tertiary/aromatic N) is 3. The minimum atomic E-state index is -0.521. The predicted molar refractivity (Wildman–Crippen MR) is 111 cm³/mol. The van der Waals surface area contributed by atoms with Crippen molar-refractivity contribution < 1.29 is 14.3 Å². The Morgan fingerprint density at radius 1 is 1.10 bits per heavy atom. The molecule has 1 aliphatic rings. The lowest BCUT2D eigenvalue weighted by Gasteiger charge is -2.33. The van der Waals surface area contributed by atoms with Crippen molar-refractivity contribution in [3.8, 4) is 0 Å². The smallest absolute Gasteiger partial charge is 0.410 e. The standard InChI is InChI=1S/C21H30N4O4/c1-5-24-16-8-6-7-9-17(16)25(19(24)27)14-18(26)22-15-10-12-23(13-11-15)20(28)29-21(2,3)4/h6-9,15H,5,10-14H2,1-4H3,(H,22,26). The lowest BCUT2D eigenvalue weighted by Crippen LogP contribution is -2.48. The van der Waals surface area contributed by atoms with Crippen LogP contribution in [0.15, 0.2) is 29.1 Å². The molecule has 1 saturated heterocycles. The quantitative estimate of drug-likeness (QED) is 0.851. The van der Waals surface area contributed by atoms with E-state index in [-0.39, 0.29) is 30.3 Å². The van der Waals surface area contributed by atoms with Gasteiger partial charge in [0, 0.05) is 25.7 Å². The van der Waals surface area contributed by atoms with Crippen molar-refractivity contribution in [3.05, 3.63) is 34.7 Å². The third-order valence-electron chi connectivity index (χ3n) is 5.05. The number of aryl methyl sites for hydroxylation is 1. The van der Waals surface area contributed by atoms with Gasteiger partial charge in [-0.2, -0.15) is 0 Å². The highest BCUT2D eigenvalue weighted by atomic mass is 16.6. The number of hydrogen-bond acceptors (Lipinski definition) is 4. The van der Waals surface area contributed by atoms with Crippen molar-refractivity contribution in [2.75, 3.05) is 13.1 Å². The Hall–Kier alpha value is -2.77. The van der Waals surface area contributed by atoms with E-state index < -0.39 is 5.60 Å². The van der Waals surface area contributed by atoms with Gasteiger partial charge in [0.1, 0.15) is 12.1 Å². The van der Waals surface area contributed by atoms with E-state index in [2.05, 4.69) is 5.32 Å². The molecule has 3 rings (SSSR count). The Morgan fingerprint density at radius 3 is 2.24 bits per heavy atom. The highest BCUT2D eigenvalue weighted by Crippen LogP contribution is 2.16. The zero-order valence-corrected chi connectivity index (χ0v) is 17.6. The van der Waals surface area contributed by atoms with E-state index in [0.717, 1.165) is 11.0 Å². The number of fused-ring (bicyclic) bond motifs is 1. The fraction of sp³-hybridized carbons (Fsp3) is 0.571. The van der Waals surface area contributed by atoms with E-state index >= 15 is 0 Å². The number of nitrogens with one attached hydrogen (secondary N) is 1. The summed E-state index contributed by atoms with van der Waals surface area (Å²) >= 11 is 0. The molecule has 158 valence electrons. The summed E-state index contributed by atoms with van der Waals surface area (Å²) in [4.78, 5) is 39.1. The van der Waals surface area contributed by atoms with Crippen LogP contribution in [0.3, 0.4) is 0 Å². The van der Waals surface area contributed by atoms with Crippen LogP contribution in [0.2, 0.25) is 0 Å². The van der Waals surface area contributed by atoms with Crippen molar-refractivity contribution >= 4 is 23.0 Å². The number of carbonyl (C=O) groups is 2. The Kier molecular flexibility index (Phi) is 6.00. The summed E-state index contributed by atoms with van der Waals surface area (Å²) in [6.45, 7) is 9.05. The molecule has 1 N–H and O–H groups in total. The summed E-state index contributed by atoms with van der Waals surface area (Å²) in [5, 5.41) is 3.01. The van der Waals surface area contributed by atoms with Crippen LogP contribution in [-0.2, 0) is 22.6 Å². The second-order valence-corrected chi connectivity index (χ2v) is 8.41. The zero-order chi connectivity index (χ0) is 21.2. The first-order valence-corrected chi connectivity index (χ1v) is 10.1. The van der Waals surface area contributed by atoms with E-state index in [0.29, 0.717) is 32.5 Å². The van der Waals surface area contributed by atoms with Crippen LogP contribution in [0.4, 0.5) is 4.79 Å². The third-order valence-corrected chi connectivity index (χ3v) is 5.05. The normalized spacial score (nSPS) is 15.5. The first-order chi connectivity index (χ1) is 13.7. The molecule has 0 bridgehead atoms. The molecule has 0 spiro atoms. The number of rotatable bonds is 4. The van der Waals surface area contributed by atoms with Crippen molar-refractivity contribution in [2.24, 2.45) is 0 Å². The molecule has 8 heteroatoms. The molecule has 1 aliphatic heterocycles. The second kappa shape index (κ2) is 8.31. The van der Waals surface area contributed by atoms with Crippen LogP contribution >= 0.6 is 0 Å². The van der Waals surface area contributed by atoms with Crippen LogP contribution in [0, 0.1) is 0 Å². The van der Waals surface area contributed by atoms with E-state index in [1.807, 2.05) is 52.0 Å². The van der Waals surface area contributed by atoms with Crippen molar-refractivity contribution in [1.29, 1.82) is 0 Å². The fourth-order valence-corrected chi connectivity index (χ4v) is 3.68. The van der Waals surface area contributed by atoms with Gasteiger partial charge in [-0.05, 0) is 52.7 Å². The van der Waals surface area contributed by atoms with Gasteiger partial charge in [-0.3, -0.25) is 13.9 Å². The lowest BCUT2D eigenvalue weighted by atomic mass is 10.1. The maximum Gasteiger partial charge on any atom is 0.410 e. The van der Waals surface area contributed by atoms with Gasteiger partial charge >= 0.3 is 11.8 Å². The number of imidazole rings is 1. The number of aromatic nitrogens is 2. The van der Waals surface area contributed by atoms with E-state index in [1.54, 1.807) is 9.47 Å². The van der Waals surface area contributed by atoms with Gasteiger partial charge in [0.05, 0.1) is 11.0 Å². The molecule has 8 nitrogen and oxygen atoms in total. The van der Waals surface area contributed by atoms with E-state index in [1.165, 1.54) is 4.57 Å². The average molecular weight is 402 g/mol. The fourth-order valence-electron chi connectivity index (χ4n) is 3.68. The number of carbonyl (C=O) groups excluding carboxylic acids is 2. The first kappa shape index (κ1) is 21.0. The first-order valence-electron chi connectivity index (χ1n) is 10.1. The molecule has 0 unspecified atom stereocenters. The lowest BCUT2D eigenvalue weighted by molar-refractivity contribution is -0.122.